The van der Waals surface area contributed by atoms with Crippen molar-refractivity contribution in [2.24, 2.45) is 0 Å². The number of aryl methyl sites for hydroxylation is 1. The van der Waals surface area contributed by atoms with Gasteiger partial charge in [-0.25, -0.2) is 13.4 Å². The van der Waals surface area contributed by atoms with E-state index in [2.05, 4.69) is 10.3 Å². The predicted octanol–water partition coefficient (Wildman–Crippen LogP) is 2.07. The molecule has 130 valence electrons. The Balaban J connectivity index is 0.00000288. The number of rotatable bonds is 7. The number of hydrogen-bond acceptors (Lipinski definition) is 5. The van der Waals surface area contributed by atoms with Gasteiger partial charge in [-0.2, -0.15) is 0 Å². The van der Waals surface area contributed by atoms with Crippen molar-refractivity contribution in [3.63, 3.8) is 0 Å². The van der Waals surface area contributed by atoms with Crippen LogP contribution in [0.5, 0.6) is 0 Å². The van der Waals surface area contributed by atoms with Crippen molar-refractivity contribution >= 4 is 39.7 Å². The van der Waals surface area contributed by atoms with Gasteiger partial charge < -0.3 is 11.1 Å². The van der Waals surface area contributed by atoms with Crippen LogP contribution < -0.4 is 11.1 Å². The summed E-state index contributed by atoms with van der Waals surface area (Å²) in [6, 6.07) is 12.7. The number of amides is 1. The van der Waals surface area contributed by atoms with E-state index in [0.717, 1.165) is 5.56 Å². The summed E-state index contributed by atoms with van der Waals surface area (Å²) in [7, 11) is -3.44. The highest BCUT2D eigenvalue weighted by Gasteiger charge is 2.16. The molecule has 24 heavy (non-hydrogen) atoms. The van der Waals surface area contributed by atoms with Gasteiger partial charge in [0.15, 0.2) is 9.84 Å². The molecule has 0 atom stereocenters. The van der Waals surface area contributed by atoms with Crippen LogP contribution in [0.3, 0.4) is 0 Å². The van der Waals surface area contributed by atoms with E-state index in [-0.39, 0.29) is 18.2 Å². The number of sulfone groups is 1. The zero-order chi connectivity index (χ0) is 16.7. The molecule has 0 spiro atoms. The Morgan fingerprint density at radius 1 is 1.12 bits per heavy atom. The molecule has 3 N–H and O–H groups in total. The Kier molecular flexibility index (Phi) is 7.67. The highest BCUT2D eigenvalue weighted by atomic mass is 35.5. The number of pyridine rings is 1. The summed E-state index contributed by atoms with van der Waals surface area (Å²) in [6.07, 6.45) is 2.54. The van der Waals surface area contributed by atoms with Crippen molar-refractivity contribution in [2.75, 3.05) is 22.6 Å². The first kappa shape index (κ1) is 19.9. The fourth-order valence-electron chi connectivity index (χ4n) is 2.09. The highest BCUT2D eigenvalue weighted by molar-refractivity contribution is 7.92. The molecule has 6 nitrogen and oxygen atoms in total. The lowest BCUT2D eigenvalue weighted by Gasteiger charge is -2.06. The molecule has 0 aliphatic heterocycles. The minimum absolute atomic E-state index is 0. The molecule has 0 fully saturated rings. The number of nitrogens with two attached hydrogens (primary N) is 1. The van der Waals surface area contributed by atoms with E-state index in [0.29, 0.717) is 24.3 Å². The van der Waals surface area contributed by atoms with Crippen LogP contribution in [0.15, 0.2) is 48.7 Å². The maximum Gasteiger partial charge on any atom is 0.239 e. The van der Waals surface area contributed by atoms with Crippen LogP contribution in [-0.4, -0.2) is 30.8 Å². The highest BCUT2D eigenvalue weighted by Crippen LogP contribution is 2.08. The Morgan fingerprint density at radius 3 is 2.46 bits per heavy atom. The van der Waals surface area contributed by atoms with Gasteiger partial charge in [-0.05, 0) is 30.5 Å². The molecular formula is C16H20ClN3O3S. The van der Waals surface area contributed by atoms with Gasteiger partial charge in [0, 0.05) is 0 Å². The lowest BCUT2D eigenvalue weighted by molar-refractivity contribution is -0.113. The van der Waals surface area contributed by atoms with Gasteiger partial charge in [-0.1, -0.05) is 30.3 Å². The van der Waals surface area contributed by atoms with Crippen molar-refractivity contribution in [3.05, 3.63) is 54.2 Å². The number of carbonyl (C=O) groups is 1. The molecular weight excluding hydrogens is 350 g/mol. The average molecular weight is 370 g/mol. The van der Waals surface area contributed by atoms with Crippen LogP contribution in [-0.2, 0) is 21.1 Å². The molecule has 0 saturated heterocycles. The molecule has 1 aromatic heterocycles. The Bertz CT molecular complexity index is 750. The lowest BCUT2D eigenvalue weighted by Crippen LogP contribution is -2.25. The first-order valence-corrected chi connectivity index (χ1v) is 9.02. The van der Waals surface area contributed by atoms with Crippen LogP contribution in [0.4, 0.5) is 11.5 Å². The van der Waals surface area contributed by atoms with Crippen LogP contribution in [0.25, 0.3) is 0 Å². The fourth-order valence-corrected chi connectivity index (χ4v) is 3.29. The molecule has 2 aromatic rings. The van der Waals surface area contributed by atoms with E-state index in [1.54, 1.807) is 6.07 Å². The number of halogens is 1. The summed E-state index contributed by atoms with van der Waals surface area (Å²) in [6.45, 7) is 0. The Labute approximate surface area is 147 Å². The van der Waals surface area contributed by atoms with Crippen LogP contribution >= 0.6 is 12.4 Å². The fraction of sp³-hybridized carbons (Fsp3) is 0.250. The van der Waals surface area contributed by atoms with E-state index in [1.165, 1.54) is 12.3 Å². The average Bonchev–Trinajstić information content (AvgIpc) is 2.50. The largest absolute Gasteiger partial charge is 0.384 e. The summed E-state index contributed by atoms with van der Waals surface area (Å²) in [5.41, 5.74) is 6.95. The van der Waals surface area contributed by atoms with E-state index in [4.69, 9.17) is 5.73 Å². The predicted molar refractivity (Wildman–Crippen MR) is 97.9 cm³/mol. The maximum absolute atomic E-state index is 12.0. The summed E-state index contributed by atoms with van der Waals surface area (Å²) in [4.78, 5) is 15.6. The number of nitrogens with zero attached hydrogens (tertiary/aromatic N) is 1. The monoisotopic (exact) mass is 369 g/mol. The molecule has 0 unspecified atom stereocenters. The zero-order valence-electron chi connectivity index (χ0n) is 13.0. The topological polar surface area (TPSA) is 102 Å². The van der Waals surface area contributed by atoms with Gasteiger partial charge in [-0.3, -0.25) is 4.79 Å². The van der Waals surface area contributed by atoms with Crippen molar-refractivity contribution < 1.29 is 13.2 Å². The molecule has 0 bridgehead atoms. The van der Waals surface area contributed by atoms with Crippen molar-refractivity contribution in [1.29, 1.82) is 0 Å². The number of benzene rings is 1. The minimum Gasteiger partial charge on any atom is -0.384 e. The number of anilines is 2. The van der Waals surface area contributed by atoms with Crippen molar-refractivity contribution in [3.8, 4) is 0 Å². The zero-order valence-corrected chi connectivity index (χ0v) is 14.6. The maximum atomic E-state index is 12.0. The molecule has 0 saturated carbocycles. The van der Waals surface area contributed by atoms with E-state index < -0.39 is 21.5 Å². The molecule has 1 heterocycles. The van der Waals surface area contributed by atoms with E-state index in [9.17, 15) is 13.2 Å². The lowest BCUT2D eigenvalue weighted by atomic mass is 10.1. The Morgan fingerprint density at radius 2 is 1.83 bits per heavy atom. The molecule has 2 rings (SSSR count). The molecule has 0 aliphatic carbocycles. The number of aromatic nitrogens is 1. The number of hydrogen-bond donors (Lipinski definition) is 2. The second-order valence-electron chi connectivity index (χ2n) is 5.20. The summed E-state index contributed by atoms with van der Waals surface area (Å²) in [5.74, 6) is -0.797. The summed E-state index contributed by atoms with van der Waals surface area (Å²) >= 11 is 0. The Hall–Kier alpha value is -2.12. The smallest absolute Gasteiger partial charge is 0.239 e. The number of nitrogens with one attached hydrogen (secondary N) is 1. The normalized spacial score (nSPS) is 10.7. The van der Waals surface area contributed by atoms with Gasteiger partial charge in [0.25, 0.3) is 0 Å². The summed E-state index contributed by atoms with van der Waals surface area (Å²) < 4.78 is 24.0. The number of nitrogen functional groups attached to an aromatic ring is 1. The third-order valence-electron chi connectivity index (χ3n) is 3.18. The second kappa shape index (κ2) is 9.24. The van der Waals surface area contributed by atoms with Gasteiger partial charge in [0.1, 0.15) is 11.6 Å². The standard InChI is InChI=1S/C16H19N3O3S.ClH/c17-15-9-8-14(11-18-15)19-16(20)12-23(21,22)10-4-7-13-5-2-1-3-6-13;/h1-3,5-6,8-9,11H,4,7,10,12H2,(H2,17,18)(H,19,20);1H. The third kappa shape index (κ3) is 6.97. The minimum atomic E-state index is -3.44. The van der Waals surface area contributed by atoms with Crippen molar-refractivity contribution in [2.45, 2.75) is 12.8 Å². The van der Waals surface area contributed by atoms with Crippen LogP contribution in [0.2, 0.25) is 0 Å². The van der Waals surface area contributed by atoms with Gasteiger partial charge in [-0.15, -0.1) is 12.4 Å². The van der Waals surface area contributed by atoms with E-state index >= 15 is 0 Å². The van der Waals surface area contributed by atoms with Crippen LogP contribution in [0, 0.1) is 0 Å². The first-order chi connectivity index (χ1) is 10.9. The molecule has 1 amide bonds. The quantitative estimate of drug-likeness (QED) is 0.777. The molecule has 0 aliphatic rings. The summed E-state index contributed by atoms with van der Waals surface area (Å²) in [5, 5.41) is 2.50. The molecule has 8 heteroatoms. The van der Waals surface area contributed by atoms with Gasteiger partial charge in [0.05, 0.1) is 17.6 Å². The van der Waals surface area contributed by atoms with Crippen molar-refractivity contribution in [1.82, 2.24) is 4.98 Å². The molecule has 0 radical (unpaired) electrons. The molecule has 1 aromatic carbocycles. The first-order valence-electron chi connectivity index (χ1n) is 7.20. The number of carbonyl (C=O) groups excluding carboxylic acids is 1. The third-order valence-corrected chi connectivity index (χ3v) is 4.80. The SMILES string of the molecule is Cl.Nc1ccc(NC(=O)CS(=O)(=O)CCCc2ccccc2)cn1. The van der Waals surface area contributed by atoms with Crippen LogP contribution in [0.1, 0.15) is 12.0 Å². The second-order valence-corrected chi connectivity index (χ2v) is 7.39. The van der Waals surface area contributed by atoms with Gasteiger partial charge in [0.2, 0.25) is 5.91 Å². The van der Waals surface area contributed by atoms with E-state index in [1.807, 2.05) is 30.3 Å². The van der Waals surface area contributed by atoms with Gasteiger partial charge >= 0.3 is 0 Å².